The Labute approximate surface area is 152 Å². The van der Waals surface area contributed by atoms with Gasteiger partial charge in [0.05, 0.1) is 7.11 Å². The van der Waals surface area contributed by atoms with Crippen LogP contribution in [0.2, 0.25) is 0 Å². The molecular weight excluding hydrogens is 332 g/mol. The molecule has 1 aliphatic rings. The molecule has 1 aromatic carbocycles. The first-order chi connectivity index (χ1) is 12.6. The summed E-state index contributed by atoms with van der Waals surface area (Å²) in [6, 6.07) is 7.55. The van der Waals surface area contributed by atoms with E-state index in [0.717, 1.165) is 37.4 Å². The molecule has 0 bridgehead atoms. The van der Waals surface area contributed by atoms with E-state index < -0.39 is 0 Å². The van der Waals surface area contributed by atoms with E-state index in [0.29, 0.717) is 17.4 Å². The zero-order chi connectivity index (χ0) is 18.5. The molecule has 0 aliphatic carbocycles. The van der Waals surface area contributed by atoms with Gasteiger partial charge in [0.1, 0.15) is 11.4 Å². The lowest BCUT2D eigenvalue weighted by molar-refractivity contribution is -0.124. The van der Waals surface area contributed by atoms with Gasteiger partial charge in [0, 0.05) is 13.1 Å². The number of likely N-dealkylation sites (tertiary alicyclic amines) is 1. The van der Waals surface area contributed by atoms with Gasteiger partial charge in [0.2, 0.25) is 0 Å². The molecule has 1 unspecified atom stereocenters. The summed E-state index contributed by atoms with van der Waals surface area (Å²) in [6.07, 6.45) is 2.80. The Morgan fingerprint density at radius 3 is 3.00 bits per heavy atom. The average Bonchev–Trinajstić information content (AvgIpc) is 3.29. The van der Waals surface area contributed by atoms with E-state index >= 15 is 0 Å². The third kappa shape index (κ3) is 3.91. The highest BCUT2D eigenvalue weighted by molar-refractivity contribution is 6.18. The van der Waals surface area contributed by atoms with Gasteiger partial charge < -0.3 is 15.0 Å². The van der Waals surface area contributed by atoms with Gasteiger partial charge in [-0.15, -0.1) is 5.10 Å². The number of hydrogen-bond acceptors (Lipinski definition) is 6. The van der Waals surface area contributed by atoms with E-state index in [1.807, 2.05) is 36.2 Å². The zero-order valence-corrected chi connectivity index (χ0v) is 15.3. The summed E-state index contributed by atoms with van der Waals surface area (Å²) in [6.45, 7) is 4.15. The number of rotatable bonds is 6. The predicted molar refractivity (Wildman–Crippen MR) is 98.3 cm³/mol. The maximum Gasteiger partial charge on any atom is 0.272 e. The summed E-state index contributed by atoms with van der Waals surface area (Å²) < 4.78 is 6.77. The van der Waals surface area contributed by atoms with Crippen molar-refractivity contribution in [3.05, 3.63) is 35.7 Å². The molecular formula is C18H24N6O2. The van der Waals surface area contributed by atoms with E-state index in [9.17, 15) is 4.79 Å². The largest absolute Gasteiger partial charge is 0.497 e. The van der Waals surface area contributed by atoms with E-state index in [2.05, 4.69) is 20.8 Å². The number of aromatic nitrogens is 4. The molecule has 1 atom stereocenters. The highest BCUT2D eigenvalue weighted by Crippen LogP contribution is 2.22. The molecule has 2 heterocycles. The monoisotopic (exact) mass is 356 g/mol. The smallest absolute Gasteiger partial charge is 0.272 e. The summed E-state index contributed by atoms with van der Waals surface area (Å²) in [4.78, 5) is 15.1. The molecule has 1 aromatic heterocycles. The molecule has 1 N–H and O–H groups in total. The van der Waals surface area contributed by atoms with E-state index in [1.165, 1.54) is 4.68 Å². The summed E-state index contributed by atoms with van der Waals surface area (Å²) in [5.74, 6) is 1.70. The molecule has 1 fully saturated rings. The van der Waals surface area contributed by atoms with Crippen molar-refractivity contribution in [1.82, 2.24) is 30.4 Å². The number of hydrogen-bond donors (Lipinski definition) is 1. The third-order valence-corrected chi connectivity index (χ3v) is 4.54. The van der Waals surface area contributed by atoms with Gasteiger partial charge in [-0.3, -0.25) is 4.79 Å². The number of aryl methyl sites for hydroxylation is 1. The normalized spacial score (nSPS) is 17.6. The fourth-order valence-electron chi connectivity index (χ4n) is 3.19. The topological polar surface area (TPSA) is 85.2 Å². The summed E-state index contributed by atoms with van der Waals surface area (Å²) in [7, 11) is 3.55. The fourth-order valence-corrected chi connectivity index (χ4v) is 3.19. The van der Waals surface area contributed by atoms with E-state index in [-0.39, 0.29) is 5.91 Å². The van der Waals surface area contributed by atoms with Gasteiger partial charge in [-0.1, -0.05) is 12.1 Å². The van der Waals surface area contributed by atoms with Crippen molar-refractivity contribution in [2.75, 3.05) is 33.8 Å². The third-order valence-electron chi connectivity index (χ3n) is 4.54. The van der Waals surface area contributed by atoms with Crippen molar-refractivity contribution in [3.8, 4) is 5.75 Å². The molecule has 138 valence electrons. The minimum absolute atomic E-state index is 0.0678. The number of carbonyl (C=O) groups excluding carboxylic acids is 1. The minimum Gasteiger partial charge on any atom is -0.497 e. The second kappa shape index (κ2) is 8.09. The van der Waals surface area contributed by atoms with Crippen LogP contribution in [0, 0.1) is 12.8 Å². The predicted octanol–water partition coefficient (Wildman–Crippen LogP) is 1.06. The van der Waals surface area contributed by atoms with Crippen molar-refractivity contribution in [2.24, 2.45) is 5.92 Å². The Hall–Kier alpha value is -2.74. The van der Waals surface area contributed by atoms with Crippen LogP contribution in [0.25, 0.3) is 11.8 Å². The van der Waals surface area contributed by atoms with E-state index in [4.69, 9.17) is 4.74 Å². The molecule has 8 heteroatoms. The quantitative estimate of drug-likeness (QED) is 0.779. The SMILES string of the molecule is CNCC1CCN(C(=O)C(=Cc2cccc(OC)c2)n2nnnc2C)C1. The van der Waals surface area contributed by atoms with Crippen molar-refractivity contribution in [1.29, 1.82) is 0 Å². The molecule has 1 amide bonds. The minimum atomic E-state index is -0.0678. The Bertz CT molecular complexity index is 800. The first kappa shape index (κ1) is 18.1. The van der Waals surface area contributed by atoms with Crippen LogP contribution in [-0.4, -0.2) is 64.8 Å². The average molecular weight is 356 g/mol. The van der Waals surface area contributed by atoms with Crippen LogP contribution in [-0.2, 0) is 4.79 Å². The van der Waals surface area contributed by atoms with Gasteiger partial charge in [-0.25, -0.2) is 0 Å². The zero-order valence-electron chi connectivity index (χ0n) is 15.3. The van der Waals surface area contributed by atoms with Gasteiger partial charge >= 0.3 is 0 Å². The molecule has 26 heavy (non-hydrogen) atoms. The van der Waals surface area contributed by atoms with Crippen molar-refractivity contribution in [3.63, 3.8) is 0 Å². The number of carbonyl (C=O) groups is 1. The Morgan fingerprint density at radius 2 is 2.31 bits per heavy atom. The number of ether oxygens (including phenoxy) is 1. The van der Waals surface area contributed by atoms with Crippen molar-refractivity contribution >= 4 is 17.7 Å². The molecule has 3 rings (SSSR count). The summed E-state index contributed by atoms with van der Waals surface area (Å²) in [5.41, 5.74) is 1.29. The molecule has 1 saturated heterocycles. The molecule has 2 aromatic rings. The van der Waals surface area contributed by atoms with Crippen LogP contribution in [0.4, 0.5) is 0 Å². The van der Waals surface area contributed by atoms with Crippen LogP contribution >= 0.6 is 0 Å². The lowest BCUT2D eigenvalue weighted by Gasteiger charge is -2.19. The maximum absolute atomic E-state index is 13.2. The van der Waals surface area contributed by atoms with Crippen LogP contribution in [0.3, 0.4) is 0 Å². The molecule has 0 saturated carbocycles. The summed E-state index contributed by atoms with van der Waals surface area (Å²) >= 11 is 0. The lowest BCUT2D eigenvalue weighted by Crippen LogP contribution is -2.32. The number of methoxy groups -OCH3 is 1. The highest BCUT2D eigenvalue weighted by atomic mass is 16.5. The van der Waals surface area contributed by atoms with Crippen LogP contribution in [0.1, 0.15) is 17.8 Å². The van der Waals surface area contributed by atoms with Crippen molar-refractivity contribution in [2.45, 2.75) is 13.3 Å². The number of benzene rings is 1. The Morgan fingerprint density at radius 1 is 1.46 bits per heavy atom. The number of nitrogens with one attached hydrogen (secondary N) is 1. The van der Waals surface area contributed by atoms with Crippen molar-refractivity contribution < 1.29 is 9.53 Å². The molecule has 8 nitrogen and oxygen atoms in total. The second-order valence-electron chi connectivity index (χ2n) is 6.41. The highest BCUT2D eigenvalue weighted by Gasteiger charge is 2.29. The molecule has 0 spiro atoms. The van der Waals surface area contributed by atoms with Crippen LogP contribution in [0.15, 0.2) is 24.3 Å². The fraction of sp³-hybridized carbons (Fsp3) is 0.444. The van der Waals surface area contributed by atoms with E-state index in [1.54, 1.807) is 20.1 Å². The van der Waals surface area contributed by atoms with Crippen LogP contribution in [0.5, 0.6) is 5.75 Å². The Kier molecular flexibility index (Phi) is 5.62. The lowest BCUT2D eigenvalue weighted by atomic mass is 10.1. The molecule has 1 aliphatic heterocycles. The second-order valence-corrected chi connectivity index (χ2v) is 6.41. The number of amides is 1. The number of tetrazole rings is 1. The first-order valence-electron chi connectivity index (χ1n) is 8.67. The van der Waals surface area contributed by atoms with Gasteiger partial charge in [0.25, 0.3) is 5.91 Å². The van der Waals surface area contributed by atoms with Gasteiger partial charge in [-0.2, -0.15) is 4.68 Å². The van der Waals surface area contributed by atoms with Gasteiger partial charge in [-0.05, 0) is 67.1 Å². The number of nitrogens with zero attached hydrogens (tertiary/aromatic N) is 5. The van der Waals surface area contributed by atoms with Crippen LogP contribution < -0.4 is 10.1 Å². The van der Waals surface area contributed by atoms with Gasteiger partial charge in [0.15, 0.2) is 5.82 Å². The standard InChI is InChI=1S/C18H24N6O2/c1-13-20-21-22-24(13)17(10-14-5-4-6-16(9-14)26-3)18(25)23-8-7-15(12-23)11-19-2/h4-6,9-10,15,19H,7-8,11-12H2,1-3H3. The maximum atomic E-state index is 13.2. The molecule has 0 radical (unpaired) electrons. The first-order valence-corrected chi connectivity index (χ1v) is 8.67. The Balaban J connectivity index is 1.93. The summed E-state index contributed by atoms with van der Waals surface area (Å²) in [5, 5.41) is 14.8.